The van der Waals surface area contributed by atoms with Crippen LogP contribution in [-0.4, -0.2) is 25.5 Å². The zero-order chi connectivity index (χ0) is 13.9. The van der Waals surface area contributed by atoms with Crippen LogP contribution in [0.1, 0.15) is 0 Å². The van der Waals surface area contributed by atoms with Gasteiger partial charge in [0.05, 0.1) is 7.11 Å². The van der Waals surface area contributed by atoms with Crippen molar-refractivity contribution in [2.24, 2.45) is 0 Å². The van der Waals surface area contributed by atoms with Gasteiger partial charge in [-0.1, -0.05) is 11.6 Å². The Hall–Kier alpha value is -1.86. The van der Waals surface area contributed by atoms with E-state index in [1.54, 1.807) is 12.1 Å². The highest BCUT2D eigenvalue weighted by Gasteiger charge is 2.17. The maximum absolute atomic E-state index is 12.1. The molecule has 0 radical (unpaired) electrons. The van der Waals surface area contributed by atoms with Crippen molar-refractivity contribution in [3.63, 3.8) is 0 Å². The molecule has 0 atom stereocenters. The zero-order valence-electron chi connectivity index (χ0n) is 9.87. The number of rotatable bonds is 4. The molecular formula is C11H10ClN3O3S. The summed E-state index contributed by atoms with van der Waals surface area (Å²) < 4.78 is 31.6. The van der Waals surface area contributed by atoms with Crippen LogP contribution in [0.5, 0.6) is 5.88 Å². The van der Waals surface area contributed by atoms with E-state index in [0.717, 1.165) is 0 Å². The van der Waals surface area contributed by atoms with E-state index >= 15 is 0 Å². The van der Waals surface area contributed by atoms with Crippen LogP contribution in [0.25, 0.3) is 0 Å². The van der Waals surface area contributed by atoms with E-state index < -0.39 is 10.0 Å². The minimum Gasteiger partial charge on any atom is -0.480 e. The average Bonchev–Trinajstić information content (AvgIpc) is 2.39. The van der Waals surface area contributed by atoms with Crippen molar-refractivity contribution in [1.29, 1.82) is 0 Å². The van der Waals surface area contributed by atoms with Crippen molar-refractivity contribution in [3.8, 4) is 5.88 Å². The molecule has 0 aromatic carbocycles. The molecule has 0 spiro atoms. The summed E-state index contributed by atoms with van der Waals surface area (Å²) in [6, 6.07) is 5.91. The number of nitrogens with zero attached hydrogens (tertiary/aromatic N) is 2. The van der Waals surface area contributed by atoms with E-state index in [2.05, 4.69) is 14.7 Å². The third kappa shape index (κ3) is 3.12. The maximum Gasteiger partial charge on any atom is 0.263 e. The Morgan fingerprint density at radius 2 is 2.05 bits per heavy atom. The van der Waals surface area contributed by atoms with Gasteiger partial charge in [-0.05, 0) is 24.3 Å². The molecule has 2 aromatic heterocycles. The predicted octanol–water partition coefficient (Wildman–Crippen LogP) is 1.94. The number of sulfonamides is 1. The van der Waals surface area contributed by atoms with Crippen molar-refractivity contribution in [2.75, 3.05) is 11.8 Å². The van der Waals surface area contributed by atoms with E-state index in [1.165, 1.54) is 31.6 Å². The summed E-state index contributed by atoms with van der Waals surface area (Å²) in [4.78, 5) is 7.63. The van der Waals surface area contributed by atoms with Crippen molar-refractivity contribution in [3.05, 3.63) is 41.8 Å². The molecular weight excluding hydrogens is 290 g/mol. The molecule has 8 heteroatoms. The van der Waals surface area contributed by atoms with Gasteiger partial charge in [-0.3, -0.25) is 4.72 Å². The normalized spacial score (nSPS) is 11.1. The predicted molar refractivity (Wildman–Crippen MR) is 70.8 cm³/mol. The molecule has 6 nitrogen and oxygen atoms in total. The fourth-order valence-electron chi connectivity index (χ4n) is 1.36. The second-order valence-corrected chi connectivity index (χ2v) is 5.55. The second kappa shape index (κ2) is 5.41. The number of anilines is 1. The van der Waals surface area contributed by atoms with Crippen LogP contribution >= 0.6 is 11.6 Å². The number of nitrogens with one attached hydrogen (secondary N) is 1. The summed E-state index contributed by atoms with van der Waals surface area (Å²) in [5.74, 6) is 0.188. The molecule has 0 saturated heterocycles. The first-order valence-corrected chi connectivity index (χ1v) is 7.02. The van der Waals surface area contributed by atoms with Gasteiger partial charge in [0, 0.05) is 12.4 Å². The van der Waals surface area contributed by atoms with Gasteiger partial charge in [0.25, 0.3) is 10.0 Å². The van der Waals surface area contributed by atoms with Gasteiger partial charge in [-0.15, -0.1) is 0 Å². The van der Waals surface area contributed by atoms with E-state index in [9.17, 15) is 8.42 Å². The minimum absolute atomic E-state index is 0.00260. The van der Waals surface area contributed by atoms with E-state index in [1.807, 2.05) is 0 Å². The van der Waals surface area contributed by atoms with Gasteiger partial charge >= 0.3 is 0 Å². The Labute approximate surface area is 115 Å². The SMILES string of the molecule is COc1ncccc1NS(=O)(=O)c1ccc(Cl)nc1. The van der Waals surface area contributed by atoms with Crippen LogP contribution in [0.3, 0.4) is 0 Å². The molecule has 0 aliphatic carbocycles. The number of hydrogen-bond acceptors (Lipinski definition) is 5. The minimum atomic E-state index is -3.75. The summed E-state index contributed by atoms with van der Waals surface area (Å²) in [7, 11) is -2.35. The van der Waals surface area contributed by atoms with Gasteiger partial charge in [0.15, 0.2) is 0 Å². The molecule has 0 aliphatic heterocycles. The van der Waals surface area contributed by atoms with Crippen LogP contribution < -0.4 is 9.46 Å². The second-order valence-electron chi connectivity index (χ2n) is 3.48. The molecule has 100 valence electrons. The highest BCUT2D eigenvalue weighted by atomic mass is 35.5. The van der Waals surface area contributed by atoms with E-state index in [4.69, 9.17) is 16.3 Å². The Bertz CT molecular complexity index is 674. The quantitative estimate of drug-likeness (QED) is 0.873. The summed E-state index contributed by atoms with van der Waals surface area (Å²) in [6.07, 6.45) is 2.67. The summed E-state index contributed by atoms with van der Waals surface area (Å²) in [5, 5.41) is 0.220. The van der Waals surface area contributed by atoms with E-state index in [-0.39, 0.29) is 21.6 Å². The highest BCUT2D eigenvalue weighted by Crippen LogP contribution is 2.23. The number of halogens is 1. The largest absolute Gasteiger partial charge is 0.480 e. The molecule has 0 unspecified atom stereocenters. The summed E-state index contributed by atoms with van der Waals surface area (Å²) in [5.41, 5.74) is 0.250. The van der Waals surface area contributed by atoms with Crippen LogP contribution in [0, 0.1) is 0 Å². The molecule has 19 heavy (non-hydrogen) atoms. The fourth-order valence-corrected chi connectivity index (χ4v) is 2.47. The molecule has 0 saturated carbocycles. The molecule has 2 aromatic rings. The smallest absolute Gasteiger partial charge is 0.263 e. The number of aromatic nitrogens is 2. The van der Waals surface area contributed by atoms with Gasteiger partial charge in [-0.25, -0.2) is 18.4 Å². The van der Waals surface area contributed by atoms with Crippen LogP contribution in [0.2, 0.25) is 5.15 Å². The average molecular weight is 300 g/mol. The lowest BCUT2D eigenvalue weighted by atomic mass is 10.4. The van der Waals surface area contributed by atoms with Crippen molar-refractivity contribution < 1.29 is 13.2 Å². The van der Waals surface area contributed by atoms with Crippen LogP contribution in [0.15, 0.2) is 41.6 Å². The molecule has 0 amide bonds. The topological polar surface area (TPSA) is 81.2 Å². The molecule has 0 aliphatic rings. The van der Waals surface area contributed by atoms with Crippen LogP contribution in [0.4, 0.5) is 5.69 Å². The van der Waals surface area contributed by atoms with Crippen molar-refractivity contribution in [1.82, 2.24) is 9.97 Å². The first-order chi connectivity index (χ1) is 9.03. The van der Waals surface area contributed by atoms with E-state index in [0.29, 0.717) is 0 Å². The first-order valence-electron chi connectivity index (χ1n) is 5.16. The summed E-state index contributed by atoms with van der Waals surface area (Å²) >= 11 is 5.61. The highest BCUT2D eigenvalue weighted by molar-refractivity contribution is 7.92. The van der Waals surface area contributed by atoms with Gasteiger partial charge < -0.3 is 4.74 Å². The molecule has 1 N–H and O–H groups in total. The van der Waals surface area contributed by atoms with Crippen molar-refractivity contribution >= 4 is 27.3 Å². The first kappa shape index (κ1) is 13.6. The third-order valence-corrected chi connectivity index (χ3v) is 3.79. The van der Waals surface area contributed by atoms with Crippen LogP contribution in [-0.2, 0) is 10.0 Å². The fraction of sp³-hybridized carbons (Fsp3) is 0.0909. The number of ether oxygens (including phenoxy) is 1. The van der Waals surface area contributed by atoms with Gasteiger partial charge in [0.1, 0.15) is 15.7 Å². The Morgan fingerprint density at radius 3 is 2.68 bits per heavy atom. The monoisotopic (exact) mass is 299 g/mol. The maximum atomic E-state index is 12.1. The lowest BCUT2D eigenvalue weighted by molar-refractivity contribution is 0.400. The molecule has 0 fully saturated rings. The zero-order valence-corrected chi connectivity index (χ0v) is 11.4. The number of pyridine rings is 2. The Morgan fingerprint density at radius 1 is 1.26 bits per heavy atom. The molecule has 0 bridgehead atoms. The number of hydrogen-bond donors (Lipinski definition) is 1. The Kier molecular flexibility index (Phi) is 3.87. The summed E-state index contributed by atoms with van der Waals surface area (Å²) in [6.45, 7) is 0. The molecule has 2 rings (SSSR count). The third-order valence-electron chi connectivity index (χ3n) is 2.22. The van der Waals surface area contributed by atoms with Crippen molar-refractivity contribution in [2.45, 2.75) is 4.90 Å². The molecule has 2 heterocycles. The van der Waals surface area contributed by atoms with Gasteiger partial charge in [0.2, 0.25) is 5.88 Å². The lowest BCUT2D eigenvalue weighted by Gasteiger charge is -2.10. The lowest BCUT2D eigenvalue weighted by Crippen LogP contribution is -2.14. The standard InChI is InChI=1S/C11H10ClN3O3S/c1-18-11-9(3-2-6-13-11)15-19(16,17)8-4-5-10(12)14-7-8/h2-7,15H,1H3. The Balaban J connectivity index is 2.34. The number of methoxy groups -OCH3 is 1. The van der Waals surface area contributed by atoms with Gasteiger partial charge in [-0.2, -0.15) is 0 Å².